The van der Waals surface area contributed by atoms with Crippen LogP contribution in [0.2, 0.25) is 0 Å². The predicted molar refractivity (Wildman–Crippen MR) is 69.1 cm³/mol. The van der Waals surface area contributed by atoms with Crippen molar-refractivity contribution in [2.45, 2.75) is 37.5 Å². The van der Waals surface area contributed by atoms with Crippen LogP contribution in [-0.2, 0) is 11.2 Å². The molecule has 2 heterocycles. The molecule has 21 heavy (non-hydrogen) atoms. The monoisotopic (exact) mass is 305 g/mol. The summed E-state index contributed by atoms with van der Waals surface area (Å²) in [7, 11) is 0. The van der Waals surface area contributed by atoms with Crippen LogP contribution in [0.5, 0.6) is 0 Å². The van der Waals surface area contributed by atoms with Gasteiger partial charge in [0.1, 0.15) is 11.9 Å². The van der Waals surface area contributed by atoms with Crippen molar-refractivity contribution in [3.8, 4) is 0 Å². The first kappa shape index (κ1) is 15.8. The fraction of sp³-hybridized carbons (Fsp3) is 0.667. The van der Waals surface area contributed by atoms with Crippen molar-refractivity contribution in [2.24, 2.45) is 0 Å². The van der Waals surface area contributed by atoms with E-state index in [0.29, 0.717) is 5.56 Å². The molecule has 4 unspecified atom stereocenters. The number of hydrogen-bond donors (Lipinski definition) is 3. The van der Waals surface area contributed by atoms with Gasteiger partial charge < -0.3 is 20.7 Å². The Hall–Kier alpha value is -1.58. The van der Waals surface area contributed by atoms with Gasteiger partial charge in [0.05, 0.1) is 6.61 Å². The van der Waals surface area contributed by atoms with E-state index in [2.05, 4.69) is 4.98 Å². The van der Waals surface area contributed by atoms with Crippen LogP contribution in [0.15, 0.2) is 11.0 Å². The zero-order valence-corrected chi connectivity index (χ0v) is 11.4. The summed E-state index contributed by atoms with van der Waals surface area (Å²) in [6.45, 7) is 0.00226. The molecule has 4 N–H and O–H groups in total. The van der Waals surface area contributed by atoms with Gasteiger partial charge in [0, 0.05) is 24.8 Å². The molecule has 0 amide bonds. The van der Waals surface area contributed by atoms with E-state index >= 15 is 0 Å². The fourth-order valence-corrected chi connectivity index (χ4v) is 2.27. The van der Waals surface area contributed by atoms with Crippen molar-refractivity contribution < 1.29 is 23.7 Å². The van der Waals surface area contributed by atoms with Crippen molar-refractivity contribution in [1.82, 2.24) is 9.55 Å². The summed E-state index contributed by atoms with van der Waals surface area (Å²) >= 11 is 0. The van der Waals surface area contributed by atoms with Crippen LogP contribution in [0.25, 0.3) is 0 Å². The van der Waals surface area contributed by atoms with Gasteiger partial charge in [-0.15, -0.1) is 0 Å². The van der Waals surface area contributed by atoms with Crippen LogP contribution in [0.4, 0.5) is 14.6 Å². The van der Waals surface area contributed by atoms with Crippen LogP contribution in [0.1, 0.15) is 18.7 Å². The van der Waals surface area contributed by atoms with Gasteiger partial charge in [0.15, 0.2) is 18.1 Å². The van der Waals surface area contributed by atoms with Crippen LogP contribution in [0.3, 0.4) is 0 Å². The van der Waals surface area contributed by atoms with Crippen molar-refractivity contribution in [2.75, 3.05) is 18.9 Å². The molecule has 0 bridgehead atoms. The summed E-state index contributed by atoms with van der Waals surface area (Å²) in [5, 5.41) is 18.0. The summed E-state index contributed by atoms with van der Waals surface area (Å²) in [6, 6.07) is 0. The molecule has 1 aliphatic heterocycles. The summed E-state index contributed by atoms with van der Waals surface area (Å²) in [6.07, 6.45) is -3.79. The van der Waals surface area contributed by atoms with Crippen molar-refractivity contribution in [3.05, 3.63) is 22.2 Å². The Morgan fingerprint density at radius 3 is 2.76 bits per heavy atom. The number of hydrogen-bond acceptors (Lipinski definition) is 6. The smallest absolute Gasteiger partial charge is 0.351 e. The lowest BCUT2D eigenvalue weighted by Gasteiger charge is -2.20. The number of ether oxygens (including phenoxy) is 1. The zero-order valence-electron chi connectivity index (χ0n) is 11.4. The molecule has 0 saturated carbocycles. The van der Waals surface area contributed by atoms with Gasteiger partial charge in [-0.2, -0.15) is 4.98 Å². The number of aliphatic hydroxyl groups excluding tert-OH is 2. The molecule has 0 aliphatic carbocycles. The molecule has 0 radical (unpaired) electrons. The van der Waals surface area contributed by atoms with Gasteiger partial charge in [-0.25, -0.2) is 13.6 Å². The number of aromatic nitrogens is 2. The average molecular weight is 305 g/mol. The van der Waals surface area contributed by atoms with E-state index in [4.69, 9.17) is 20.7 Å². The molecule has 9 heteroatoms. The van der Waals surface area contributed by atoms with Gasteiger partial charge in [-0.05, 0) is 6.92 Å². The lowest BCUT2D eigenvalue weighted by atomic mass is 9.98. The Morgan fingerprint density at radius 2 is 2.24 bits per heavy atom. The molecule has 1 saturated heterocycles. The van der Waals surface area contributed by atoms with Gasteiger partial charge in [-0.3, -0.25) is 4.57 Å². The zero-order chi connectivity index (χ0) is 15.8. The van der Waals surface area contributed by atoms with Gasteiger partial charge in [0.2, 0.25) is 0 Å². The van der Waals surface area contributed by atoms with Crippen LogP contribution >= 0.6 is 0 Å². The number of nitrogens with zero attached hydrogens (tertiary/aromatic N) is 2. The number of alkyl halides is 2. The second-order valence-corrected chi connectivity index (χ2v) is 5.07. The molecule has 2 rings (SSSR count). The summed E-state index contributed by atoms with van der Waals surface area (Å²) < 4.78 is 34.3. The Labute approximate surface area is 119 Å². The summed E-state index contributed by atoms with van der Waals surface area (Å²) in [5.41, 5.74) is 2.53. The molecule has 0 aromatic carbocycles. The molecule has 4 atom stereocenters. The van der Waals surface area contributed by atoms with E-state index in [0.717, 1.165) is 11.5 Å². The van der Waals surface area contributed by atoms with Crippen molar-refractivity contribution in [3.63, 3.8) is 0 Å². The van der Waals surface area contributed by atoms with E-state index in [1.807, 2.05) is 0 Å². The van der Waals surface area contributed by atoms with Crippen molar-refractivity contribution >= 4 is 5.82 Å². The van der Waals surface area contributed by atoms with Crippen LogP contribution in [-0.4, -0.2) is 50.9 Å². The van der Waals surface area contributed by atoms with Crippen LogP contribution < -0.4 is 11.4 Å². The highest BCUT2D eigenvalue weighted by Crippen LogP contribution is 2.41. The SMILES string of the molecule is CC1(F)C(CO)OC(n2cc(CCO)c(N)nc2=O)C1F. The standard InChI is InChI=1S/C12H17F2N3O4/c1-12(14)7(5-19)21-10(8(12)13)17-4-6(2-3-18)9(15)16-11(17)20/h4,7-8,10,18-19H,2-3,5H2,1H3,(H2,15,16,20). The normalized spacial score (nSPS) is 32.5. The molecule has 118 valence electrons. The highest BCUT2D eigenvalue weighted by atomic mass is 19.2. The van der Waals surface area contributed by atoms with E-state index in [9.17, 15) is 13.6 Å². The fourth-order valence-electron chi connectivity index (χ4n) is 2.27. The van der Waals surface area contributed by atoms with Crippen LogP contribution in [0, 0.1) is 0 Å². The number of aliphatic hydroxyl groups is 2. The maximum atomic E-state index is 14.2. The maximum absolute atomic E-state index is 14.2. The first-order valence-corrected chi connectivity index (χ1v) is 6.40. The Morgan fingerprint density at radius 1 is 1.57 bits per heavy atom. The summed E-state index contributed by atoms with van der Waals surface area (Å²) in [5.74, 6) is -0.0829. The highest BCUT2D eigenvalue weighted by Gasteiger charge is 2.56. The maximum Gasteiger partial charge on any atom is 0.351 e. The van der Waals surface area contributed by atoms with E-state index in [1.165, 1.54) is 6.20 Å². The minimum atomic E-state index is -2.43. The Bertz CT molecular complexity index is 578. The third-order valence-corrected chi connectivity index (χ3v) is 3.60. The number of halogens is 2. The van der Waals surface area contributed by atoms with E-state index in [1.54, 1.807) is 0 Å². The topological polar surface area (TPSA) is 111 Å². The number of rotatable bonds is 4. The molecular formula is C12H17F2N3O4. The third kappa shape index (κ3) is 2.63. The molecule has 1 aromatic heterocycles. The second-order valence-electron chi connectivity index (χ2n) is 5.07. The number of nitrogens with two attached hydrogens (primary N) is 1. The largest absolute Gasteiger partial charge is 0.396 e. The number of nitrogen functional groups attached to an aromatic ring is 1. The molecule has 1 aromatic rings. The minimum absolute atomic E-state index is 0.0829. The Kier molecular flexibility index (Phi) is 4.26. The molecule has 7 nitrogen and oxygen atoms in total. The minimum Gasteiger partial charge on any atom is -0.396 e. The molecule has 1 aliphatic rings. The first-order chi connectivity index (χ1) is 9.82. The third-order valence-electron chi connectivity index (χ3n) is 3.60. The number of anilines is 1. The Balaban J connectivity index is 2.43. The molecular weight excluding hydrogens is 288 g/mol. The average Bonchev–Trinajstić information content (AvgIpc) is 2.64. The van der Waals surface area contributed by atoms with Crippen molar-refractivity contribution in [1.29, 1.82) is 0 Å². The van der Waals surface area contributed by atoms with Gasteiger partial charge in [-0.1, -0.05) is 0 Å². The lowest BCUT2D eigenvalue weighted by Crippen LogP contribution is -2.40. The lowest BCUT2D eigenvalue weighted by molar-refractivity contribution is -0.0532. The molecule has 0 spiro atoms. The first-order valence-electron chi connectivity index (χ1n) is 6.40. The predicted octanol–water partition coefficient (Wildman–Crippen LogP) is -0.684. The van der Waals surface area contributed by atoms with E-state index in [-0.39, 0.29) is 18.8 Å². The highest BCUT2D eigenvalue weighted by molar-refractivity contribution is 5.37. The van der Waals surface area contributed by atoms with Gasteiger partial charge >= 0.3 is 5.69 Å². The molecule has 1 fully saturated rings. The van der Waals surface area contributed by atoms with Gasteiger partial charge in [0.25, 0.3) is 0 Å². The quantitative estimate of drug-likeness (QED) is 0.679. The van der Waals surface area contributed by atoms with E-state index < -0.39 is 36.5 Å². The second kappa shape index (κ2) is 5.66. The summed E-state index contributed by atoms with van der Waals surface area (Å²) in [4.78, 5) is 15.3.